The van der Waals surface area contributed by atoms with E-state index < -0.39 is 0 Å². The fraction of sp³-hybridized carbons (Fsp3) is 0.550. The van der Waals surface area contributed by atoms with Crippen molar-refractivity contribution in [2.75, 3.05) is 20.2 Å². The molecule has 1 N–H and O–H groups in total. The van der Waals surface area contributed by atoms with Gasteiger partial charge in [-0.25, -0.2) is 0 Å². The number of nitrogens with zero attached hydrogens (tertiary/aromatic N) is 3. The van der Waals surface area contributed by atoms with Crippen LogP contribution in [0.2, 0.25) is 0 Å². The van der Waals surface area contributed by atoms with E-state index in [1.54, 1.807) is 0 Å². The fourth-order valence-electron chi connectivity index (χ4n) is 3.79. The second kappa shape index (κ2) is 7.95. The summed E-state index contributed by atoms with van der Waals surface area (Å²) in [6.07, 6.45) is 8.88. The van der Waals surface area contributed by atoms with Crippen LogP contribution in [-0.2, 0) is 13.6 Å². The van der Waals surface area contributed by atoms with E-state index in [0.717, 1.165) is 18.2 Å². The summed E-state index contributed by atoms with van der Waals surface area (Å²) >= 11 is 0. The molecule has 1 aliphatic rings. The minimum absolute atomic E-state index is 0.183. The lowest BCUT2D eigenvalue weighted by atomic mass is 9.84. The van der Waals surface area contributed by atoms with Crippen molar-refractivity contribution in [3.8, 4) is 11.3 Å². The molecule has 24 heavy (non-hydrogen) atoms. The van der Waals surface area contributed by atoms with Crippen molar-refractivity contribution in [1.82, 2.24) is 14.7 Å². The number of aromatic nitrogens is 2. The molecule has 4 heteroatoms. The largest absolute Gasteiger partial charge is 0.395 e. The Bertz CT molecular complexity index is 641. The topological polar surface area (TPSA) is 41.3 Å². The average Bonchev–Trinajstić information content (AvgIpc) is 2.96. The first-order chi connectivity index (χ1) is 11.7. The second-order valence-corrected chi connectivity index (χ2v) is 7.09. The van der Waals surface area contributed by atoms with Gasteiger partial charge in [0, 0.05) is 37.5 Å². The molecule has 4 nitrogen and oxygen atoms in total. The Balaban J connectivity index is 1.78. The van der Waals surface area contributed by atoms with E-state index in [2.05, 4.69) is 40.5 Å². The standard InChI is InChI=1S/C20H29N3O/c1-22(12-13-24)14-19-15-23(2)21-20(19)18-10-8-17(9-11-18)16-6-4-3-5-7-16/h8-11,15-16,24H,3-7,12-14H2,1-2H3. The number of hydrogen-bond acceptors (Lipinski definition) is 3. The Hall–Kier alpha value is -1.65. The molecule has 1 aromatic heterocycles. The first-order valence-electron chi connectivity index (χ1n) is 9.09. The van der Waals surface area contributed by atoms with E-state index in [1.165, 1.54) is 48.8 Å². The lowest BCUT2D eigenvalue weighted by Gasteiger charge is -2.22. The Labute approximate surface area is 145 Å². The molecular formula is C20H29N3O. The van der Waals surface area contributed by atoms with Gasteiger partial charge in [-0.15, -0.1) is 0 Å². The van der Waals surface area contributed by atoms with E-state index in [0.29, 0.717) is 6.54 Å². The average molecular weight is 327 g/mol. The van der Waals surface area contributed by atoms with Gasteiger partial charge >= 0.3 is 0 Å². The van der Waals surface area contributed by atoms with Gasteiger partial charge in [0.05, 0.1) is 12.3 Å². The molecule has 0 amide bonds. The van der Waals surface area contributed by atoms with Crippen LogP contribution >= 0.6 is 0 Å². The summed E-state index contributed by atoms with van der Waals surface area (Å²) in [5.74, 6) is 0.742. The van der Waals surface area contributed by atoms with E-state index in [4.69, 9.17) is 5.11 Å². The quantitative estimate of drug-likeness (QED) is 0.882. The van der Waals surface area contributed by atoms with Crippen molar-refractivity contribution in [2.45, 2.75) is 44.6 Å². The molecule has 0 radical (unpaired) electrons. The molecule has 1 saturated carbocycles. The lowest BCUT2D eigenvalue weighted by molar-refractivity contribution is 0.217. The third kappa shape index (κ3) is 4.05. The molecule has 1 fully saturated rings. The normalized spacial score (nSPS) is 16.0. The van der Waals surface area contributed by atoms with Crippen LogP contribution < -0.4 is 0 Å². The molecule has 0 aliphatic heterocycles. The van der Waals surface area contributed by atoms with Crippen molar-refractivity contribution in [1.29, 1.82) is 0 Å². The molecule has 130 valence electrons. The zero-order chi connectivity index (χ0) is 16.9. The number of aryl methyl sites for hydroxylation is 1. The number of benzene rings is 1. The Morgan fingerprint density at radius 1 is 1.17 bits per heavy atom. The number of aliphatic hydroxyl groups excluding tert-OH is 1. The van der Waals surface area contributed by atoms with Crippen molar-refractivity contribution in [3.05, 3.63) is 41.6 Å². The van der Waals surface area contributed by atoms with Gasteiger partial charge in [0.1, 0.15) is 0 Å². The molecule has 0 bridgehead atoms. The predicted molar refractivity (Wildman–Crippen MR) is 97.9 cm³/mol. The highest BCUT2D eigenvalue weighted by molar-refractivity contribution is 5.63. The van der Waals surface area contributed by atoms with Crippen LogP contribution in [0, 0.1) is 0 Å². The van der Waals surface area contributed by atoms with Crippen LogP contribution in [0.5, 0.6) is 0 Å². The van der Waals surface area contributed by atoms with Crippen molar-refractivity contribution < 1.29 is 5.11 Å². The summed E-state index contributed by atoms with van der Waals surface area (Å²) in [5.41, 5.74) is 4.92. The molecule has 2 aromatic rings. The van der Waals surface area contributed by atoms with Crippen LogP contribution in [0.4, 0.5) is 0 Å². The van der Waals surface area contributed by atoms with Crippen molar-refractivity contribution >= 4 is 0 Å². The first-order valence-corrected chi connectivity index (χ1v) is 9.09. The second-order valence-electron chi connectivity index (χ2n) is 7.09. The molecule has 0 atom stereocenters. The Morgan fingerprint density at radius 2 is 1.88 bits per heavy atom. The van der Waals surface area contributed by atoms with E-state index in [-0.39, 0.29) is 6.61 Å². The van der Waals surface area contributed by atoms with Gasteiger partial charge in [-0.3, -0.25) is 9.58 Å². The molecule has 0 spiro atoms. The molecule has 3 rings (SSSR count). The van der Waals surface area contributed by atoms with Crippen LogP contribution in [0.3, 0.4) is 0 Å². The first kappa shape index (κ1) is 17.2. The third-order valence-corrected chi connectivity index (χ3v) is 5.09. The maximum absolute atomic E-state index is 9.10. The van der Waals surface area contributed by atoms with Crippen LogP contribution in [0.1, 0.15) is 49.1 Å². The highest BCUT2D eigenvalue weighted by atomic mass is 16.3. The zero-order valence-electron chi connectivity index (χ0n) is 14.9. The number of likely N-dealkylation sites (N-methyl/N-ethyl adjacent to an activating group) is 1. The summed E-state index contributed by atoms with van der Waals surface area (Å²) < 4.78 is 1.88. The molecule has 1 heterocycles. The van der Waals surface area contributed by atoms with Gasteiger partial charge in [-0.05, 0) is 31.4 Å². The molecular weight excluding hydrogens is 298 g/mol. The SMILES string of the molecule is CN(CCO)Cc1cn(C)nc1-c1ccc(C2CCCCC2)cc1. The van der Waals surface area contributed by atoms with Crippen LogP contribution in [-0.4, -0.2) is 40.0 Å². The third-order valence-electron chi connectivity index (χ3n) is 5.09. The smallest absolute Gasteiger partial charge is 0.0968 e. The molecule has 0 saturated heterocycles. The lowest BCUT2D eigenvalue weighted by Crippen LogP contribution is -2.21. The number of hydrogen-bond donors (Lipinski definition) is 1. The highest BCUT2D eigenvalue weighted by Gasteiger charge is 2.16. The Morgan fingerprint density at radius 3 is 2.54 bits per heavy atom. The van der Waals surface area contributed by atoms with Gasteiger partial charge in [0.15, 0.2) is 0 Å². The molecule has 1 aromatic carbocycles. The fourth-order valence-corrected chi connectivity index (χ4v) is 3.79. The van der Waals surface area contributed by atoms with Gasteiger partial charge in [0.2, 0.25) is 0 Å². The minimum Gasteiger partial charge on any atom is -0.395 e. The molecule has 1 aliphatic carbocycles. The summed E-state index contributed by atoms with van der Waals surface area (Å²) in [4.78, 5) is 2.12. The number of rotatable bonds is 6. The monoisotopic (exact) mass is 327 g/mol. The zero-order valence-corrected chi connectivity index (χ0v) is 14.9. The summed E-state index contributed by atoms with van der Waals surface area (Å²) in [5, 5.41) is 13.8. The van der Waals surface area contributed by atoms with Gasteiger partial charge in [-0.2, -0.15) is 5.10 Å². The number of aliphatic hydroxyl groups is 1. The van der Waals surface area contributed by atoms with Gasteiger partial charge < -0.3 is 5.11 Å². The van der Waals surface area contributed by atoms with E-state index >= 15 is 0 Å². The highest BCUT2D eigenvalue weighted by Crippen LogP contribution is 2.33. The molecule has 0 unspecified atom stereocenters. The predicted octanol–water partition coefficient (Wildman–Crippen LogP) is 3.56. The minimum atomic E-state index is 0.183. The van der Waals surface area contributed by atoms with Crippen molar-refractivity contribution in [3.63, 3.8) is 0 Å². The summed E-state index contributed by atoms with van der Waals surface area (Å²) in [6.45, 7) is 1.66. The maximum Gasteiger partial charge on any atom is 0.0968 e. The van der Waals surface area contributed by atoms with E-state index in [1.807, 2.05) is 18.8 Å². The van der Waals surface area contributed by atoms with Crippen molar-refractivity contribution in [2.24, 2.45) is 7.05 Å². The van der Waals surface area contributed by atoms with Gasteiger partial charge in [0.25, 0.3) is 0 Å². The summed E-state index contributed by atoms with van der Waals surface area (Å²) in [7, 11) is 3.99. The van der Waals surface area contributed by atoms with Gasteiger partial charge in [-0.1, -0.05) is 43.5 Å². The Kier molecular flexibility index (Phi) is 5.69. The maximum atomic E-state index is 9.10. The summed E-state index contributed by atoms with van der Waals surface area (Å²) in [6, 6.07) is 9.03. The van der Waals surface area contributed by atoms with E-state index in [9.17, 15) is 0 Å². The van der Waals surface area contributed by atoms with Crippen LogP contribution in [0.25, 0.3) is 11.3 Å². The van der Waals surface area contributed by atoms with Crippen LogP contribution in [0.15, 0.2) is 30.5 Å².